The monoisotopic (exact) mass is 354 g/mol. The molecule has 4 rings (SSSR count). The van der Waals surface area contributed by atoms with Crippen LogP contribution in [0, 0.1) is 6.92 Å². The van der Waals surface area contributed by atoms with Crippen LogP contribution in [0.25, 0.3) is 10.9 Å². The Morgan fingerprint density at radius 2 is 2.08 bits per heavy atom. The Morgan fingerprint density at radius 3 is 2.81 bits per heavy atom. The van der Waals surface area contributed by atoms with Crippen molar-refractivity contribution < 1.29 is 9.89 Å². The normalized spacial score (nSPS) is 21.3. The first kappa shape index (κ1) is 17.2. The maximum atomic E-state index is 4.68. The van der Waals surface area contributed by atoms with Crippen molar-refractivity contribution in [2.45, 2.75) is 58.4 Å². The van der Waals surface area contributed by atoms with Gasteiger partial charge in [0.2, 0.25) is 0 Å². The van der Waals surface area contributed by atoms with Gasteiger partial charge in [0.25, 0.3) is 5.95 Å². The molecule has 26 heavy (non-hydrogen) atoms. The van der Waals surface area contributed by atoms with E-state index in [9.17, 15) is 0 Å². The molecule has 0 saturated heterocycles. The molecule has 0 bridgehead atoms. The Morgan fingerprint density at radius 1 is 1.23 bits per heavy atom. The van der Waals surface area contributed by atoms with Gasteiger partial charge in [0, 0.05) is 5.39 Å². The number of anilines is 1. The fourth-order valence-corrected chi connectivity index (χ4v) is 4.13. The van der Waals surface area contributed by atoms with E-state index in [1.807, 2.05) is 0 Å². The third-order valence-electron chi connectivity index (χ3n) is 5.76. The van der Waals surface area contributed by atoms with E-state index in [1.54, 1.807) is 4.90 Å². The van der Waals surface area contributed by atoms with Gasteiger partial charge < -0.3 is 0 Å². The zero-order valence-electron chi connectivity index (χ0n) is 15.9. The van der Waals surface area contributed by atoms with E-state index in [4.69, 9.17) is 0 Å². The second-order valence-electron chi connectivity index (χ2n) is 7.54. The standard InChI is InChI=1S/C20H28N6/c1-3-15-9-10-18-17(11-15)14(2)23-20(24-18)25-19-21-12-26(13-22-19)16-7-5-4-6-8-16/h9-11,16H,3-8,12-13H2,1-2H3,(H2,21,22,23,24,25)/p+2. The van der Waals surface area contributed by atoms with E-state index >= 15 is 0 Å². The van der Waals surface area contributed by atoms with E-state index in [2.05, 4.69) is 57.6 Å². The van der Waals surface area contributed by atoms with E-state index in [-0.39, 0.29) is 0 Å². The zero-order chi connectivity index (χ0) is 17.9. The van der Waals surface area contributed by atoms with Crippen LogP contribution in [0.3, 0.4) is 0 Å². The maximum Gasteiger partial charge on any atom is 0.359 e. The molecule has 0 amide bonds. The summed E-state index contributed by atoms with van der Waals surface area (Å²) < 4.78 is 0. The van der Waals surface area contributed by atoms with Crippen LogP contribution in [-0.4, -0.2) is 35.3 Å². The lowest BCUT2D eigenvalue weighted by Crippen LogP contribution is -3.26. The minimum atomic E-state index is 0.648. The number of fused-ring (bicyclic) bond motifs is 1. The molecule has 1 unspecified atom stereocenters. The molecule has 1 aliphatic heterocycles. The van der Waals surface area contributed by atoms with Crippen LogP contribution in [0.5, 0.6) is 0 Å². The number of aromatic nitrogens is 2. The number of nitrogens with zero attached hydrogens (tertiary/aromatic N) is 2. The predicted molar refractivity (Wildman–Crippen MR) is 104 cm³/mol. The van der Waals surface area contributed by atoms with Gasteiger partial charge in [-0.15, -0.1) is 0 Å². The molecule has 1 aliphatic carbocycles. The first-order chi connectivity index (χ1) is 12.7. The highest BCUT2D eigenvalue weighted by Gasteiger charge is 2.29. The maximum absolute atomic E-state index is 4.68. The van der Waals surface area contributed by atoms with E-state index < -0.39 is 0 Å². The molecule has 6 heteroatoms. The van der Waals surface area contributed by atoms with Crippen molar-refractivity contribution in [3.63, 3.8) is 0 Å². The molecule has 138 valence electrons. The summed E-state index contributed by atoms with van der Waals surface area (Å²) in [5.74, 6) is 1.56. The third-order valence-corrected chi connectivity index (χ3v) is 5.76. The molecule has 2 aliphatic rings. The summed E-state index contributed by atoms with van der Waals surface area (Å²) >= 11 is 0. The topological polar surface area (TPSA) is 68.2 Å². The highest BCUT2D eigenvalue weighted by atomic mass is 15.4. The molecule has 1 fully saturated rings. The summed E-state index contributed by atoms with van der Waals surface area (Å²) in [5, 5.41) is 7.94. The van der Waals surface area contributed by atoms with E-state index in [1.165, 1.54) is 37.7 Å². The number of quaternary nitrogens is 1. The minimum Gasteiger partial charge on any atom is -0.274 e. The second-order valence-corrected chi connectivity index (χ2v) is 7.54. The van der Waals surface area contributed by atoms with Gasteiger partial charge in [0.15, 0.2) is 13.3 Å². The number of hydrogen-bond acceptors (Lipinski definition) is 4. The van der Waals surface area contributed by atoms with Gasteiger partial charge in [-0.3, -0.25) is 4.90 Å². The van der Waals surface area contributed by atoms with Crippen molar-refractivity contribution in [3.8, 4) is 0 Å². The van der Waals surface area contributed by atoms with Crippen molar-refractivity contribution in [3.05, 3.63) is 29.5 Å². The van der Waals surface area contributed by atoms with Crippen LogP contribution < -0.4 is 20.5 Å². The van der Waals surface area contributed by atoms with E-state index in [0.717, 1.165) is 48.4 Å². The zero-order valence-corrected chi connectivity index (χ0v) is 15.9. The van der Waals surface area contributed by atoms with Crippen LogP contribution in [0.4, 0.5) is 5.95 Å². The van der Waals surface area contributed by atoms with Gasteiger partial charge in [-0.05, 0) is 56.7 Å². The van der Waals surface area contributed by atoms with E-state index in [0.29, 0.717) is 5.95 Å². The molecule has 0 radical (unpaired) electrons. The SMILES string of the molecule is CCc1ccc2nc(NC3=[NH+]C[NH+](C4CCCCC4)CN3)nc(C)c2c1. The van der Waals surface area contributed by atoms with Gasteiger partial charge in [0.05, 0.1) is 17.3 Å². The Kier molecular flexibility index (Phi) is 5.02. The summed E-state index contributed by atoms with van der Waals surface area (Å²) in [5.41, 5.74) is 3.32. The fourth-order valence-electron chi connectivity index (χ4n) is 4.13. The first-order valence-corrected chi connectivity index (χ1v) is 9.96. The number of aryl methyl sites for hydroxylation is 2. The smallest absolute Gasteiger partial charge is 0.274 e. The average molecular weight is 355 g/mol. The Balaban J connectivity index is 1.46. The van der Waals surface area contributed by atoms with Gasteiger partial charge in [-0.2, -0.15) is 4.98 Å². The minimum absolute atomic E-state index is 0.648. The van der Waals surface area contributed by atoms with Crippen LogP contribution in [0.1, 0.15) is 50.3 Å². The number of hydrogen-bond donors (Lipinski definition) is 4. The van der Waals surface area contributed by atoms with Gasteiger partial charge in [-0.1, -0.05) is 19.4 Å². The van der Waals surface area contributed by atoms with Gasteiger partial charge >= 0.3 is 5.96 Å². The van der Waals surface area contributed by atoms with Crippen LogP contribution >= 0.6 is 0 Å². The molecule has 2 heterocycles. The molecule has 1 aromatic heterocycles. The van der Waals surface area contributed by atoms with Crippen molar-refractivity contribution in [1.29, 1.82) is 0 Å². The summed E-state index contributed by atoms with van der Waals surface area (Å²) in [6.07, 6.45) is 7.91. The Hall–Kier alpha value is -2.21. The predicted octanol–water partition coefficient (Wildman–Crippen LogP) is 0.0849. The Bertz CT molecular complexity index is 809. The number of rotatable bonds is 3. The lowest BCUT2D eigenvalue weighted by atomic mass is 9.94. The summed E-state index contributed by atoms with van der Waals surface area (Å²) in [4.78, 5) is 14.4. The number of guanidine groups is 1. The van der Waals surface area contributed by atoms with Crippen molar-refractivity contribution >= 4 is 22.8 Å². The van der Waals surface area contributed by atoms with Crippen molar-refractivity contribution in [1.82, 2.24) is 15.3 Å². The molecule has 2 aromatic rings. The number of nitrogens with one attached hydrogen (secondary N) is 4. The van der Waals surface area contributed by atoms with Crippen LogP contribution in [0.2, 0.25) is 0 Å². The fraction of sp³-hybridized carbons (Fsp3) is 0.550. The summed E-state index contributed by atoms with van der Waals surface area (Å²) in [6, 6.07) is 7.23. The number of benzene rings is 1. The lowest BCUT2D eigenvalue weighted by molar-refractivity contribution is -1.00. The van der Waals surface area contributed by atoms with Gasteiger partial charge in [0.1, 0.15) is 0 Å². The molecular formula is C20H30N6+2. The molecule has 6 nitrogen and oxygen atoms in total. The third kappa shape index (κ3) is 3.65. The molecule has 1 atom stereocenters. The molecule has 0 spiro atoms. The second kappa shape index (κ2) is 7.58. The molecule has 1 aromatic carbocycles. The average Bonchev–Trinajstić information content (AvgIpc) is 2.69. The summed E-state index contributed by atoms with van der Waals surface area (Å²) in [6.45, 7) is 6.12. The highest BCUT2D eigenvalue weighted by molar-refractivity contribution is 5.89. The molecular weight excluding hydrogens is 324 g/mol. The van der Waals surface area contributed by atoms with Gasteiger partial charge in [-0.25, -0.2) is 20.6 Å². The summed E-state index contributed by atoms with van der Waals surface area (Å²) in [7, 11) is 0. The van der Waals surface area contributed by atoms with Crippen molar-refractivity contribution in [2.24, 2.45) is 0 Å². The Labute approximate surface area is 155 Å². The van der Waals surface area contributed by atoms with Crippen LogP contribution in [0.15, 0.2) is 18.2 Å². The van der Waals surface area contributed by atoms with Crippen molar-refractivity contribution in [2.75, 3.05) is 18.7 Å². The quantitative estimate of drug-likeness (QED) is 0.631. The largest absolute Gasteiger partial charge is 0.359 e. The highest BCUT2D eigenvalue weighted by Crippen LogP contribution is 2.19. The first-order valence-electron chi connectivity index (χ1n) is 9.96. The molecule has 1 saturated carbocycles. The lowest BCUT2D eigenvalue weighted by Gasteiger charge is -2.30. The van der Waals surface area contributed by atoms with Crippen LogP contribution in [-0.2, 0) is 6.42 Å². The molecule has 4 N–H and O–H groups in total.